The van der Waals surface area contributed by atoms with E-state index >= 15 is 0 Å². The fraction of sp³-hybridized carbons (Fsp3) is 0.400. The van der Waals surface area contributed by atoms with Crippen LogP contribution < -0.4 is 10.5 Å². The number of hydrogen-bond donors (Lipinski definition) is 1. The van der Waals surface area contributed by atoms with Gasteiger partial charge in [-0.3, -0.25) is 0 Å². The average Bonchev–Trinajstić information content (AvgIpc) is 2.03. The van der Waals surface area contributed by atoms with E-state index in [1.54, 1.807) is 13.2 Å². The number of ether oxygens (including phenoxy) is 1. The van der Waals surface area contributed by atoms with E-state index in [9.17, 15) is 0 Å². The van der Waals surface area contributed by atoms with Crippen molar-refractivity contribution in [1.82, 2.24) is 0 Å². The maximum absolute atomic E-state index is 5.96. The van der Waals surface area contributed by atoms with E-state index in [0.717, 1.165) is 11.3 Å². The first kappa shape index (κ1) is 13.6. The molecule has 2 N–H and O–H groups in total. The van der Waals surface area contributed by atoms with Crippen LogP contribution in [0, 0.1) is 0 Å². The first-order chi connectivity index (χ1) is 5.95. The fourth-order valence-corrected chi connectivity index (χ4v) is 1.36. The highest BCUT2D eigenvalue weighted by molar-refractivity contribution is 6.30. The van der Waals surface area contributed by atoms with Gasteiger partial charge in [0.25, 0.3) is 0 Å². The average molecular weight is 236 g/mol. The van der Waals surface area contributed by atoms with Crippen molar-refractivity contribution in [3.8, 4) is 5.75 Å². The Morgan fingerprint density at radius 3 is 2.36 bits per heavy atom. The third-order valence-electron chi connectivity index (χ3n) is 1.86. The molecule has 0 fully saturated rings. The molecule has 1 aromatic carbocycles. The standard InChI is InChI=1S/C10H14ClNO.ClH/c1-10(2,12)8-6-7(11)4-5-9(8)13-3;/h4-6H,12H2,1-3H3;1H. The van der Waals surface area contributed by atoms with Gasteiger partial charge in [0.05, 0.1) is 7.11 Å². The highest BCUT2D eigenvalue weighted by Gasteiger charge is 2.19. The van der Waals surface area contributed by atoms with Gasteiger partial charge in [0.15, 0.2) is 0 Å². The Hall–Kier alpha value is -0.440. The van der Waals surface area contributed by atoms with Crippen LogP contribution in [0.4, 0.5) is 0 Å². The van der Waals surface area contributed by atoms with Gasteiger partial charge in [-0.25, -0.2) is 0 Å². The van der Waals surface area contributed by atoms with Crippen LogP contribution in [0.5, 0.6) is 5.75 Å². The molecule has 80 valence electrons. The largest absolute Gasteiger partial charge is 0.496 e. The molecule has 0 radical (unpaired) electrons. The topological polar surface area (TPSA) is 35.2 Å². The molecule has 1 rings (SSSR count). The molecule has 4 heteroatoms. The molecule has 14 heavy (non-hydrogen) atoms. The van der Waals surface area contributed by atoms with Gasteiger partial charge in [-0.2, -0.15) is 0 Å². The minimum Gasteiger partial charge on any atom is -0.496 e. The lowest BCUT2D eigenvalue weighted by atomic mass is 9.95. The van der Waals surface area contributed by atoms with Crippen LogP contribution in [0.25, 0.3) is 0 Å². The lowest BCUT2D eigenvalue weighted by Crippen LogP contribution is -2.29. The van der Waals surface area contributed by atoms with Crippen molar-refractivity contribution in [1.29, 1.82) is 0 Å². The Bertz CT molecular complexity index is 307. The Morgan fingerprint density at radius 1 is 1.36 bits per heavy atom. The molecule has 0 aromatic heterocycles. The molecular weight excluding hydrogens is 221 g/mol. The summed E-state index contributed by atoms with van der Waals surface area (Å²) in [4.78, 5) is 0. The van der Waals surface area contributed by atoms with Crippen LogP contribution in [-0.4, -0.2) is 7.11 Å². The monoisotopic (exact) mass is 235 g/mol. The molecule has 0 aliphatic heterocycles. The first-order valence-corrected chi connectivity index (χ1v) is 4.46. The summed E-state index contributed by atoms with van der Waals surface area (Å²) in [5.74, 6) is 0.775. The van der Waals surface area contributed by atoms with Gasteiger partial charge in [0.2, 0.25) is 0 Å². The minimum atomic E-state index is -0.434. The maximum atomic E-state index is 5.96. The summed E-state index contributed by atoms with van der Waals surface area (Å²) in [5.41, 5.74) is 6.45. The van der Waals surface area contributed by atoms with Gasteiger partial charge in [-0.1, -0.05) is 11.6 Å². The molecule has 0 spiro atoms. The van der Waals surface area contributed by atoms with Crippen molar-refractivity contribution in [2.24, 2.45) is 5.73 Å². The summed E-state index contributed by atoms with van der Waals surface area (Å²) in [5, 5.41) is 0.675. The van der Waals surface area contributed by atoms with E-state index in [1.165, 1.54) is 0 Å². The summed E-state index contributed by atoms with van der Waals surface area (Å²) < 4.78 is 5.19. The lowest BCUT2D eigenvalue weighted by molar-refractivity contribution is 0.394. The molecule has 0 saturated heterocycles. The van der Waals surface area contributed by atoms with Crippen molar-refractivity contribution in [3.63, 3.8) is 0 Å². The van der Waals surface area contributed by atoms with Crippen LogP contribution in [-0.2, 0) is 5.54 Å². The second kappa shape index (κ2) is 4.87. The Morgan fingerprint density at radius 2 is 1.93 bits per heavy atom. The van der Waals surface area contributed by atoms with Crippen molar-refractivity contribution >= 4 is 24.0 Å². The smallest absolute Gasteiger partial charge is 0.123 e. The van der Waals surface area contributed by atoms with E-state index < -0.39 is 5.54 Å². The SMILES string of the molecule is COc1ccc(Cl)cc1C(C)(C)N.Cl. The van der Waals surface area contributed by atoms with Gasteiger partial charge in [0, 0.05) is 16.1 Å². The zero-order valence-electron chi connectivity index (χ0n) is 8.50. The number of nitrogens with two attached hydrogens (primary N) is 1. The van der Waals surface area contributed by atoms with Crippen molar-refractivity contribution in [2.45, 2.75) is 19.4 Å². The highest BCUT2D eigenvalue weighted by Crippen LogP contribution is 2.30. The van der Waals surface area contributed by atoms with Crippen molar-refractivity contribution in [3.05, 3.63) is 28.8 Å². The minimum absolute atomic E-state index is 0. The van der Waals surface area contributed by atoms with Gasteiger partial charge < -0.3 is 10.5 Å². The second-order valence-corrected chi connectivity index (χ2v) is 4.00. The van der Waals surface area contributed by atoms with Gasteiger partial charge in [-0.15, -0.1) is 12.4 Å². The highest BCUT2D eigenvalue weighted by atomic mass is 35.5. The van der Waals surface area contributed by atoms with Crippen LogP contribution in [0.1, 0.15) is 19.4 Å². The third kappa shape index (κ3) is 3.05. The van der Waals surface area contributed by atoms with Crippen LogP contribution in [0.15, 0.2) is 18.2 Å². The van der Waals surface area contributed by atoms with Crippen LogP contribution >= 0.6 is 24.0 Å². The van der Waals surface area contributed by atoms with Crippen molar-refractivity contribution in [2.75, 3.05) is 7.11 Å². The van der Waals surface area contributed by atoms with Crippen molar-refractivity contribution < 1.29 is 4.74 Å². The molecule has 0 bridgehead atoms. The molecule has 0 saturated carbocycles. The molecule has 0 atom stereocenters. The molecule has 0 unspecified atom stereocenters. The molecule has 0 aliphatic rings. The van der Waals surface area contributed by atoms with Gasteiger partial charge in [0.1, 0.15) is 5.75 Å². The van der Waals surface area contributed by atoms with Crippen LogP contribution in [0.2, 0.25) is 5.02 Å². The summed E-state index contributed by atoms with van der Waals surface area (Å²) >= 11 is 5.87. The molecule has 1 aromatic rings. The Labute approximate surface area is 95.8 Å². The third-order valence-corrected chi connectivity index (χ3v) is 2.09. The predicted molar refractivity (Wildman–Crippen MR) is 62.5 cm³/mol. The zero-order chi connectivity index (χ0) is 10.1. The van der Waals surface area contributed by atoms with E-state index in [1.807, 2.05) is 26.0 Å². The predicted octanol–water partition coefficient (Wildman–Crippen LogP) is 2.96. The molecule has 2 nitrogen and oxygen atoms in total. The van der Waals surface area contributed by atoms with E-state index in [0.29, 0.717) is 5.02 Å². The number of methoxy groups -OCH3 is 1. The molecule has 0 amide bonds. The molecule has 0 aliphatic carbocycles. The van der Waals surface area contributed by atoms with Crippen LogP contribution in [0.3, 0.4) is 0 Å². The normalized spacial score (nSPS) is 10.6. The second-order valence-electron chi connectivity index (χ2n) is 3.57. The molecular formula is C10H15Cl2NO. The Balaban J connectivity index is 0.00000169. The lowest BCUT2D eigenvalue weighted by Gasteiger charge is -2.22. The molecule has 0 heterocycles. The first-order valence-electron chi connectivity index (χ1n) is 4.08. The number of rotatable bonds is 2. The summed E-state index contributed by atoms with van der Waals surface area (Å²) in [6, 6.07) is 5.45. The van der Waals surface area contributed by atoms with E-state index in [2.05, 4.69) is 0 Å². The summed E-state index contributed by atoms with van der Waals surface area (Å²) in [6.07, 6.45) is 0. The quantitative estimate of drug-likeness (QED) is 0.856. The fourth-order valence-electron chi connectivity index (χ4n) is 1.18. The van der Waals surface area contributed by atoms with E-state index in [-0.39, 0.29) is 12.4 Å². The summed E-state index contributed by atoms with van der Waals surface area (Å²) in [6.45, 7) is 3.84. The number of halogens is 2. The number of benzene rings is 1. The Kier molecular flexibility index (Phi) is 4.72. The maximum Gasteiger partial charge on any atom is 0.123 e. The zero-order valence-corrected chi connectivity index (χ0v) is 10.1. The van der Waals surface area contributed by atoms with Gasteiger partial charge >= 0.3 is 0 Å². The number of hydrogen-bond acceptors (Lipinski definition) is 2. The summed E-state index contributed by atoms with van der Waals surface area (Å²) in [7, 11) is 1.62. The van der Waals surface area contributed by atoms with Gasteiger partial charge in [-0.05, 0) is 32.0 Å². The van der Waals surface area contributed by atoms with E-state index in [4.69, 9.17) is 22.1 Å².